The average molecular weight is 394 g/mol. The predicted molar refractivity (Wildman–Crippen MR) is 111 cm³/mol. The summed E-state index contributed by atoms with van der Waals surface area (Å²) in [5.41, 5.74) is 9.08. The lowest BCUT2D eigenvalue weighted by Gasteiger charge is -2.17. The van der Waals surface area contributed by atoms with Crippen molar-refractivity contribution >= 4 is 16.9 Å². The van der Waals surface area contributed by atoms with Gasteiger partial charge in [-0.25, -0.2) is 4.79 Å². The van der Waals surface area contributed by atoms with E-state index in [1.165, 1.54) is 12.7 Å². The summed E-state index contributed by atoms with van der Waals surface area (Å²) in [6.07, 6.45) is 0. The van der Waals surface area contributed by atoms with Crippen molar-refractivity contribution in [1.82, 2.24) is 4.90 Å². The summed E-state index contributed by atoms with van der Waals surface area (Å²) in [4.78, 5) is 14.4. The lowest BCUT2D eigenvalue weighted by atomic mass is 9.89. The highest BCUT2D eigenvalue weighted by Crippen LogP contribution is 2.36. The standard InChI is InChI=1S/C23H26N2O4/c1-27-20-9-8-16(18-10-21(23(26)28-2)29-22(18)20)12-25-13-17(11-24)19(14-25)15-6-4-3-5-7-15/h3-10,17,19H,11-14,24H2,1-2H3/t17-,19+/m1/s1. The van der Waals surface area contributed by atoms with E-state index >= 15 is 0 Å². The minimum Gasteiger partial charge on any atom is -0.493 e. The van der Waals surface area contributed by atoms with E-state index in [-0.39, 0.29) is 5.76 Å². The van der Waals surface area contributed by atoms with Crippen LogP contribution in [0.2, 0.25) is 0 Å². The molecule has 0 aliphatic carbocycles. The predicted octanol–water partition coefficient (Wildman–Crippen LogP) is 3.40. The van der Waals surface area contributed by atoms with Crippen LogP contribution < -0.4 is 10.5 Å². The molecule has 0 radical (unpaired) electrons. The van der Waals surface area contributed by atoms with Crippen molar-refractivity contribution in [3.05, 3.63) is 65.4 Å². The van der Waals surface area contributed by atoms with E-state index in [9.17, 15) is 4.79 Å². The maximum absolute atomic E-state index is 11.9. The molecule has 1 aliphatic rings. The van der Waals surface area contributed by atoms with Crippen LogP contribution in [0.3, 0.4) is 0 Å². The third-order valence-electron chi connectivity index (χ3n) is 5.79. The molecule has 0 amide bonds. The number of hydrogen-bond acceptors (Lipinski definition) is 6. The third-order valence-corrected chi connectivity index (χ3v) is 5.79. The molecule has 1 aromatic heterocycles. The van der Waals surface area contributed by atoms with Gasteiger partial charge in [-0.2, -0.15) is 0 Å². The van der Waals surface area contributed by atoms with Crippen molar-refractivity contribution < 1.29 is 18.7 Å². The molecule has 1 fully saturated rings. The van der Waals surface area contributed by atoms with Gasteiger partial charge in [0.15, 0.2) is 11.3 Å². The van der Waals surface area contributed by atoms with Gasteiger partial charge in [0.2, 0.25) is 5.76 Å². The molecule has 3 aromatic rings. The van der Waals surface area contributed by atoms with E-state index in [4.69, 9.17) is 19.6 Å². The number of ether oxygens (including phenoxy) is 2. The molecule has 152 valence electrons. The zero-order chi connectivity index (χ0) is 20.4. The second kappa shape index (κ2) is 8.27. The topological polar surface area (TPSA) is 77.9 Å². The number of fused-ring (bicyclic) bond motifs is 1. The quantitative estimate of drug-likeness (QED) is 0.646. The number of carbonyl (C=O) groups excluding carboxylic acids is 1. The van der Waals surface area contributed by atoms with Crippen LogP contribution in [0.4, 0.5) is 0 Å². The number of nitrogens with two attached hydrogens (primary N) is 1. The molecule has 1 saturated heterocycles. The van der Waals surface area contributed by atoms with Gasteiger partial charge in [0.05, 0.1) is 14.2 Å². The second-order valence-electron chi connectivity index (χ2n) is 7.48. The molecule has 1 aliphatic heterocycles. The van der Waals surface area contributed by atoms with Gasteiger partial charge in [-0.05, 0) is 35.7 Å². The molecule has 0 bridgehead atoms. The maximum Gasteiger partial charge on any atom is 0.373 e. The Morgan fingerprint density at radius 1 is 1.17 bits per heavy atom. The van der Waals surface area contributed by atoms with Crippen LogP contribution in [-0.4, -0.2) is 44.7 Å². The first-order valence-electron chi connectivity index (χ1n) is 9.79. The summed E-state index contributed by atoms with van der Waals surface area (Å²) in [5, 5.41) is 0.872. The molecule has 4 rings (SSSR count). The highest BCUT2D eigenvalue weighted by Gasteiger charge is 2.33. The number of rotatable bonds is 6. The maximum atomic E-state index is 11.9. The fourth-order valence-corrected chi connectivity index (χ4v) is 4.30. The van der Waals surface area contributed by atoms with Crippen molar-refractivity contribution in [3.8, 4) is 5.75 Å². The molecule has 0 saturated carbocycles. The van der Waals surface area contributed by atoms with Gasteiger partial charge < -0.3 is 19.6 Å². The fourth-order valence-electron chi connectivity index (χ4n) is 4.30. The molecule has 2 N–H and O–H groups in total. The summed E-state index contributed by atoms with van der Waals surface area (Å²) >= 11 is 0. The van der Waals surface area contributed by atoms with E-state index in [1.54, 1.807) is 13.2 Å². The normalized spacial score (nSPS) is 19.6. The van der Waals surface area contributed by atoms with Crippen LogP contribution in [-0.2, 0) is 11.3 Å². The molecular weight excluding hydrogens is 368 g/mol. The largest absolute Gasteiger partial charge is 0.493 e. The van der Waals surface area contributed by atoms with Gasteiger partial charge >= 0.3 is 5.97 Å². The number of likely N-dealkylation sites (tertiary alicyclic amines) is 1. The SMILES string of the molecule is COC(=O)c1cc2c(CN3C[C@@H](CN)[C@H](c4ccccc4)C3)ccc(OC)c2o1. The molecular formula is C23H26N2O4. The smallest absolute Gasteiger partial charge is 0.373 e. The summed E-state index contributed by atoms with van der Waals surface area (Å²) in [5.74, 6) is 1.12. The number of methoxy groups -OCH3 is 2. The van der Waals surface area contributed by atoms with Crippen molar-refractivity contribution in [1.29, 1.82) is 0 Å². The Kier molecular flexibility index (Phi) is 5.56. The third kappa shape index (κ3) is 3.73. The number of furan rings is 1. The van der Waals surface area contributed by atoms with E-state index in [1.807, 2.05) is 18.2 Å². The lowest BCUT2D eigenvalue weighted by Crippen LogP contribution is -2.23. The van der Waals surface area contributed by atoms with Crippen LogP contribution in [0.1, 0.15) is 27.6 Å². The fraction of sp³-hybridized carbons (Fsp3) is 0.348. The Hall–Kier alpha value is -2.83. The van der Waals surface area contributed by atoms with Gasteiger partial charge in [-0.3, -0.25) is 4.90 Å². The van der Waals surface area contributed by atoms with E-state index in [0.717, 1.165) is 30.6 Å². The number of carbonyl (C=O) groups is 1. The van der Waals surface area contributed by atoms with Gasteiger partial charge in [0.25, 0.3) is 0 Å². The van der Waals surface area contributed by atoms with Crippen molar-refractivity contribution in [2.45, 2.75) is 12.5 Å². The Morgan fingerprint density at radius 2 is 1.97 bits per heavy atom. The zero-order valence-electron chi connectivity index (χ0n) is 16.8. The highest BCUT2D eigenvalue weighted by atomic mass is 16.5. The first-order chi connectivity index (χ1) is 14.1. The molecule has 6 heteroatoms. The van der Waals surface area contributed by atoms with Crippen molar-refractivity contribution in [3.63, 3.8) is 0 Å². The summed E-state index contributed by atoms with van der Waals surface area (Å²) < 4.78 is 16.0. The summed E-state index contributed by atoms with van der Waals surface area (Å²) in [6, 6.07) is 16.2. The molecule has 0 spiro atoms. The van der Waals surface area contributed by atoms with Gasteiger partial charge in [0.1, 0.15) is 0 Å². The molecule has 2 aromatic carbocycles. The minimum absolute atomic E-state index is 0.177. The van der Waals surface area contributed by atoms with Gasteiger partial charge in [0, 0.05) is 30.9 Å². The number of benzene rings is 2. The molecule has 2 atom stereocenters. The van der Waals surface area contributed by atoms with Crippen molar-refractivity contribution in [2.75, 3.05) is 33.9 Å². The summed E-state index contributed by atoms with van der Waals surface area (Å²) in [7, 11) is 2.93. The Balaban J connectivity index is 1.62. The van der Waals surface area contributed by atoms with Crippen LogP contribution >= 0.6 is 0 Å². The Labute approximate surface area is 170 Å². The van der Waals surface area contributed by atoms with Crippen LogP contribution in [0.5, 0.6) is 5.75 Å². The number of hydrogen-bond donors (Lipinski definition) is 1. The van der Waals surface area contributed by atoms with Crippen molar-refractivity contribution in [2.24, 2.45) is 11.7 Å². The van der Waals surface area contributed by atoms with E-state index in [2.05, 4.69) is 29.2 Å². The Bertz CT molecular complexity index is 999. The van der Waals surface area contributed by atoms with Crippen LogP contribution in [0.25, 0.3) is 11.0 Å². The summed E-state index contributed by atoms with van der Waals surface area (Å²) in [6.45, 7) is 3.29. The van der Waals surface area contributed by atoms with Gasteiger partial charge in [-0.15, -0.1) is 0 Å². The number of esters is 1. The molecule has 0 unspecified atom stereocenters. The van der Waals surface area contributed by atoms with E-state index in [0.29, 0.717) is 29.7 Å². The van der Waals surface area contributed by atoms with Gasteiger partial charge in [-0.1, -0.05) is 36.4 Å². The minimum atomic E-state index is -0.497. The lowest BCUT2D eigenvalue weighted by molar-refractivity contribution is 0.0567. The monoisotopic (exact) mass is 394 g/mol. The first-order valence-corrected chi connectivity index (χ1v) is 9.79. The van der Waals surface area contributed by atoms with Crippen LogP contribution in [0, 0.1) is 5.92 Å². The molecule has 29 heavy (non-hydrogen) atoms. The zero-order valence-corrected chi connectivity index (χ0v) is 16.8. The second-order valence-corrected chi connectivity index (χ2v) is 7.48. The molecule has 2 heterocycles. The van der Waals surface area contributed by atoms with Crippen LogP contribution in [0.15, 0.2) is 52.9 Å². The van der Waals surface area contributed by atoms with E-state index < -0.39 is 5.97 Å². The highest BCUT2D eigenvalue weighted by molar-refractivity contribution is 5.95. The number of nitrogens with zero attached hydrogens (tertiary/aromatic N) is 1. The first kappa shape index (κ1) is 19.5. The molecule has 6 nitrogen and oxygen atoms in total. The Morgan fingerprint density at radius 3 is 2.66 bits per heavy atom. The average Bonchev–Trinajstić information content (AvgIpc) is 3.39.